The van der Waals surface area contributed by atoms with Crippen molar-refractivity contribution in [3.8, 4) is 0 Å². The molecule has 0 radical (unpaired) electrons. The zero-order valence-electron chi connectivity index (χ0n) is 13.9. The van der Waals surface area contributed by atoms with E-state index in [1.807, 2.05) is 0 Å². The minimum absolute atomic E-state index is 0.140. The largest absolute Gasteiger partial charge is 0.324 e. The number of amides is 1. The topological polar surface area (TPSA) is 66.5 Å². The Labute approximate surface area is 163 Å². The first-order valence-corrected chi connectivity index (χ1v) is 10.4. The minimum atomic E-state index is -3.61. The van der Waals surface area contributed by atoms with Gasteiger partial charge < -0.3 is 5.32 Å². The van der Waals surface area contributed by atoms with E-state index in [9.17, 15) is 13.2 Å². The Balaban J connectivity index is 1.74. The molecule has 138 valence electrons. The van der Waals surface area contributed by atoms with Crippen LogP contribution in [0.2, 0.25) is 10.0 Å². The third kappa shape index (κ3) is 4.20. The van der Waals surface area contributed by atoms with Crippen LogP contribution < -0.4 is 5.32 Å². The molecular formula is C18H18Cl2N2O3S. The number of sulfonamides is 1. The van der Waals surface area contributed by atoms with Crippen LogP contribution in [0.4, 0.5) is 5.69 Å². The van der Waals surface area contributed by atoms with Crippen molar-refractivity contribution >= 4 is 44.8 Å². The normalized spacial score (nSPS) is 18.5. The van der Waals surface area contributed by atoms with Crippen molar-refractivity contribution in [2.24, 2.45) is 5.92 Å². The molecule has 0 aliphatic carbocycles. The van der Waals surface area contributed by atoms with Crippen molar-refractivity contribution in [1.29, 1.82) is 0 Å². The van der Waals surface area contributed by atoms with Crippen LogP contribution in [-0.4, -0.2) is 31.7 Å². The number of rotatable bonds is 4. The Bertz CT molecular complexity index is 904. The van der Waals surface area contributed by atoms with E-state index in [4.69, 9.17) is 23.2 Å². The molecule has 1 aliphatic rings. The maximum atomic E-state index is 12.8. The summed E-state index contributed by atoms with van der Waals surface area (Å²) in [5, 5.41) is 3.60. The van der Waals surface area contributed by atoms with Crippen molar-refractivity contribution in [2.75, 3.05) is 18.4 Å². The van der Waals surface area contributed by atoms with Gasteiger partial charge in [0.1, 0.15) is 0 Å². The van der Waals surface area contributed by atoms with Crippen molar-refractivity contribution in [3.05, 3.63) is 58.6 Å². The minimum Gasteiger partial charge on any atom is -0.324 e. The van der Waals surface area contributed by atoms with Crippen molar-refractivity contribution in [1.82, 2.24) is 4.31 Å². The molecule has 1 fully saturated rings. The van der Waals surface area contributed by atoms with Crippen molar-refractivity contribution in [3.63, 3.8) is 0 Å². The molecule has 1 saturated heterocycles. The number of carbonyl (C=O) groups is 1. The van der Waals surface area contributed by atoms with Gasteiger partial charge in [0.05, 0.1) is 21.5 Å². The molecule has 0 aromatic heterocycles. The van der Waals surface area contributed by atoms with E-state index in [2.05, 4.69) is 5.32 Å². The number of anilines is 1. The Hall–Kier alpha value is -1.60. The zero-order valence-corrected chi connectivity index (χ0v) is 16.2. The van der Waals surface area contributed by atoms with Gasteiger partial charge in [-0.2, -0.15) is 4.31 Å². The molecule has 1 amide bonds. The SMILES string of the molecule is O=C(Nc1cc(Cl)ccc1Cl)C1CCCN(S(=O)(=O)c2ccccc2)C1. The van der Waals surface area contributed by atoms with Gasteiger partial charge in [-0.25, -0.2) is 8.42 Å². The Morgan fingerprint density at radius 1 is 1.12 bits per heavy atom. The predicted octanol–water partition coefficient (Wildman–Crippen LogP) is 4.03. The second-order valence-corrected chi connectivity index (χ2v) is 8.91. The van der Waals surface area contributed by atoms with Gasteiger partial charge in [-0.1, -0.05) is 41.4 Å². The van der Waals surface area contributed by atoms with Crippen LogP contribution in [0.5, 0.6) is 0 Å². The molecule has 2 aromatic rings. The number of nitrogens with zero attached hydrogens (tertiary/aromatic N) is 1. The predicted molar refractivity (Wildman–Crippen MR) is 103 cm³/mol. The fraction of sp³-hybridized carbons (Fsp3) is 0.278. The van der Waals surface area contributed by atoms with Gasteiger partial charge in [0.25, 0.3) is 0 Å². The molecule has 26 heavy (non-hydrogen) atoms. The van der Waals surface area contributed by atoms with Crippen molar-refractivity contribution < 1.29 is 13.2 Å². The summed E-state index contributed by atoms with van der Waals surface area (Å²) < 4.78 is 26.9. The summed E-state index contributed by atoms with van der Waals surface area (Å²) in [6.45, 7) is 0.542. The van der Waals surface area contributed by atoms with Crippen LogP contribution in [0.3, 0.4) is 0 Å². The Morgan fingerprint density at radius 3 is 2.58 bits per heavy atom. The number of hydrogen-bond donors (Lipinski definition) is 1. The van der Waals surface area contributed by atoms with Gasteiger partial charge in [-0.3, -0.25) is 4.79 Å². The zero-order chi connectivity index (χ0) is 18.7. The van der Waals surface area contributed by atoms with E-state index in [0.717, 1.165) is 0 Å². The highest BCUT2D eigenvalue weighted by atomic mass is 35.5. The lowest BCUT2D eigenvalue weighted by atomic mass is 9.99. The molecular weight excluding hydrogens is 395 g/mol. The lowest BCUT2D eigenvalue weighted by molar-refractivity contribution is -0.120. The van der Waals surface area contributed by atoms with Crippen LogP contribution in [0.15, 0.2) is 53.4 Å². The molecule has 0 spiro atoms. The fourth-order valence-corrected chi connectivity index (χ4v) is 4.83. The molecule has 2 aromatic carbocycles. The Kier molecular flexibility index (Phi) is 5.87. The number of halogens is 2. The van der Waals surface area contributed by atoms with E-state index < -0.39 is 15.9 Å². The molecule has 0 bridgehead atoms. The molecule has 1 atom stereocenters. The first-order valence-electron chi connectivity index (χ1n) is 8.19. The summed E-state index contributed by atoms with van der Waals surface area (Å²) in [5.74, 6) is -0.709. The molecule has 1 unspecified atom stereocenters. The molecule has 5 nitrogen and oxygen atoms in total. The van der Waals surface area contributed by atoms with Crippen LogP contribution in [0, 0.1) is 5.92 Å². The third-order valence-corrected chi connectivity index (χ3v) is 6.77. The molecule has 1 heterocycles. The third-order valence-electron chi connectivity index (χ3n) is 4.32. The summed E-state index contributed by atoms with van der Waals surface area (Å²) in [4.78, 5) is 12.8. The number of benzene rings is 2. The van der Waals surface area contributed by atoms with Crippen molar-refractivity contribution in [2.45, 2.75) is 17.7 Å². The lowest BCUT2D eigenvalue weighted by Crippen LogP contribution is -2.43. The summed E-state index contributed by atoms with van der Waals surface area (Å²) in [7, 11) is -3.61. The highest BCUT2D eigenvalue weighted by Crippen LogP contribution is 2.28. The average molecular weight is 413 g/mol. The number of nitrogens with one attached hydrogen (secondary N) is 1. The molecule has 8 heteroatoms. The standard InChI is InChI=1S/C18H18Cl2N2O3S/c19-14-8-9-16(20)17(11-14)21-18(23)13-5-4-10-22(12-13)26(24,25)15-6-2-1-3-7-15/h1-3,6-9,11,13H,4-5,10,12H2,(H,21,23). The van der Waals surface area contributed by atoms with Gasteiger partial charge in [0.15, 0.2) is 0 Å². The van der Waals surface area contributed by atoms with Crippen LogP contribution in [-0.2, 0) is 14.8 Å². The monoisotopic (exact) mass is 412 g/mol. The molecule has 3 rings (SSSR count). The maximum absolute atomic E-state index is 12.8. The second-order valence-electron chi connectivity index (χ2n) is 6.13. The fourth-order valence-electron chi connectivity index (χ4n) is 2.94. The van der Waals surface area contributed by atoms with E-state index in [1.165, 1.54) is 4.31 Å². The highest BCUT2D eigenvalue weighted by Gasteiger charge is 2.33. The van der Waals surface area contributed by atoms with Crippen LogP contribution in [0.25, 0.3) is 0 Å². The molecule has 1 N–H and O–H groups in total. The summed E-state index contributed by atoms with van der Waals surface area (Å²) in [6, 6.07) is 13.1. The average Bonchev–Trinajstić information content (AvgIpc) is 2.65. The number of carbonyl (C=O) groups excluding carboxylic acids is 1. The summed E-state index contributed by atoms with van der Waals surface area (Å²) >= 11 is 12.0. The van der Waals surface area contributed by atoms with Gasteiger partial charge in [0.2, 0.25) is 15.9 Å². The molecule has 1 aliphatic heterocycles. The van der Waals surface area contributed by atoms with Gasteiger partial charge in [-0.05, 0) is 43.2 Å². The van der Waals surface area contributed by atoms with Crippen LogP contribution in [0.1, 0.15) is 12.8 Å². The summed E-state index contributed by atoms with van der Waals surface area (Å²) in [5.41, 5.74) is 0.423. The van der Waals surface area contributed by atoms with E-state index in [1.54, 1.807) is 48.5 Å². The Morgan fingerprint density at radius 2 is 1.85 bits per heavy atom. The van der Waals surface area contributed by atoms with Gasteiger partial charge in [0, 0.05) is 18.1 Å². The number of hydrogen-bond acceptors (Lipinski definition) is 3. The van der Waals surface area contributed by atoms with Gasteiger partial charge in [-0.15, -0.1) is 0 Å². The molecule has 0 saturated carbocycles. The second kappa shape index (κ2) is 7.96. The highest BCUT2D eigenvalue weighted by molar-refractivity contribution is 7.89. The van der Waals surface area contributed by atoms with E-state index in [0.29, 0.717) is 35.1 Å². The number of piperidine rings is 1. The first kappa shape index (κ1) is 19.2. The first-order chi connectivity index (χ1) is 12.4. The van der Waals surface area contributed by atoms with E-state index in [-0.39, 0.29) is 17.3 Å². The maximum Gasteiger partial charge on any atom is 0.243 e. The lowest BCUT2D eigenvalue weighted by Gasteiger charge is -2.31. The smallest absolute Gasteiger partial charge is 0.243 e. The van der Waals surface area contributed by atoms with E-state index >= 15 is 0 Å². The quantitative estimate of drug-likeness (QED) is 0.823. The summed E-state index contributed by atoms with van der Waals surface area (Å²) in [6.07, 6.45) is 1.23. The van der Waals surface area contributed by atoms with Crippen LogP contribution >= 0.6 is 23.2 Å². The van der Waals surface area contributed by atoms with Gasteiger partial charge >= 0.3 is 0 Å².